The summed E-state index contributed by atoms with van der Waals surface area (Å²) in [6.45, 7) is 5.89. The molecule has 0 bridgehead atoms. The van der Waals surface area contributed by atoms with Crippen LogP contribution in [0.3, 0.4) is 0 Å². The molecule has 4 rings (SSSR count). The molecular weight excluding hydrogens is 344 g/mol. The van der Waals surface area contributed by atoms with Crippen molar-refractivity contribution in [3.8, 4) is 11.4 Å². The quantitative estimate of drug-likeness (QED) is 0.648. The number of anilines is 1. The molecule has 2 aromatic heterocycles. The second-order valence-corrected chi connectivity index (χ2v) is 6.66. The van der Waals surface area contributed by atoms with Crippen molar-refractivity contribution in [2.24, 2.45) is 0 Å². The molecule has 1 fully saturated rings. The van der Waals surface area contributed by atoms with Crippen molar-refractivity contribution in [3.63, 3.8) is 0 Å². The largest absolute Gasteiger partial charge is 0.378 e. The maximum atomic E-state index is 11.2. The number of hydrogen-bond acceptors (Lipinski definition) is 5. The van der Waals surface area contributed by atoms with Gasteiger partial charge in [-0.3, -0.25) is 9.36 Å². The van der Waals surface area contributed by atoms with Crippen LogP contribution in [0.15, 0.2) is 30.5 Å². The SMILES string of the molecule is CC(=O)NCCCn1c(-c2c[nH]c3ccccc23)nnc1N1CCOCC1. The molecule has 1 aliphatic heterocycles. The van der Waals surface area contributed by atoms with E-state index in [2.05, 4.69) is 42.1 Å². The molecule has 2 N–H and O–H groups in total. The van der Waals surface area contributed by atoms with Gasteiger partial charge in [0.15, 0.2) is 5.82 Å². The number of amides is 1. The number of ether oxygens (including phenoxy) is 1. The molecule has 0 radical (unpaired) electrons. The predicted octanol–water partition coefficient (Wildman–Crippen LogP) is 1.79. The number of aromatic nitrogens is 4. The molecule has 8 nitrogen and oxygen atoms in total. The van der Waals surface area contributed by atoms with Gasteiger partial charge in [-0.1, -0.05) is 18.2 Å². The van der Waals surface area contributed by atoms with E-state index in [1.54, 1.807) is 0 Å². The number of nitrogens with one attached hydrogen (secondary N) is 2. The predicted molar refractivity (Wildman–Crippen MR) is 104 cm³/mol. The summed E-state index contributed by atoms with van der Waals surface area (Å²) in [7, 11) is 0. The van der Waals surface area contributed by atoms with E-state index in [4.69, 9.17) is 4.74 Å². The van der Waals surface area contributed by atoms with Crippen molar-refractivity contribution >= 4 is 22.8 Å². The average Bonchev–Trinajstić information content (AvgIpc) is 3.29. The zero-order chi connectivity index (χ0) is 18.6. The van der Waals surface area contributed by atoms with Gasteiger partial charge in [-0.15, -0.1) is 10.2 Å². The Kier molecular flexibility index (Phi) is 5.06. The number of H-pyrrole nitrogens is 1. The monoisotopic (exact) mass is 368 g/mol. The van der Waals surface area contributed by atoms with Gasteiger partial charge in [-0.2, -0.15) is 0 Å². The molecule has 142 valence electrons. The van der Waals surface area contributed by atoms with Gasteiger partial charge in [0.05, 0.1) is 13.2 Å². The lowest BCUT2D eigenvalue weighted by molar-refractivity contribution is -0.118. The number of para-hydroxylation sites is 1. The number of nitrogens with zero attached hydrogens (tertiary/aromatic N) is 4. The Balaban J connectivity index is 1.67. The summed E-state index contributed by atoms with van der Waals surface area (Å²) in [5.74, 6) is 1.70. The summed E-state index contributed by atoms with van der Waals surface area (Å²) in [5.41, 5.74) is 2.12. The highest BCUT2D eigenvalue weighted by atomic mass is 16.5. The van der Waals surface area contributed by atoms with Crippen molar-refractivity contribution in [2.75, 3.05) is 37.7 Å². The van der Waals surface area contributed by atoms with Crippen molar-refractivity contribution in [1.29, 1.82) is 0 Å². The van der Waals surface area contributed by atoms with E-state index in [1.165, 1.54) is 6.92 Å². The molecule has 0 aliphatic carbocycles. The zero-order valence-electron chi connectivity index (χ0n) is 15.4. The fraction of sp³-hybridized carbons (Fsp3) is 0.421. The minimum absolute atomic E-state index is 0.0102. The van der Waals surface area contributed by atoms with Gasteiger partial charge in [0.2, 0.25) is 11.9 Å². The Labute approximate surface area is 157 Å². The highest BCUT2D eigenvalue weighted by Crippen LogP contribution is 2.30. The Bertz CT molecular complexity index is 925. The van der Waals surface area contributed by atoms with E-state index in [9.17, 15) is 4.79 Å². The van der Waals surface area contributed by atoms with Gasteiger partial charge in [0.25, 0.3) is 0 Å². The van der Waals surface area contributed by atoms with Crippen LogP contribution in [0.25, 0.3) is 22.3 Å². The van der Waals surface area contributed by atoms with Crippen LogP contribution in [0.2, 0.25) is 0 Å². The van der Waals surface area contributed by atoms with Gasteiger partial charge in [-0.05, 0) is 12.5 Å². The molecule has 0 atom stereocenters. The summed E-state index contributed by atoms with van der Waals surface area (Å²) < 4.78 is 7.63. The normalized spacial score (nSPS) is 14.6. The molecule has 1 saturated heterocycles. The first kappa shape index (κ1) is 17.5. The molecule has 3 heterocycles. The van der Waals surface area contributed by atoms with E-state index in [-0.39, 0.29) is 5.91 Å². The third-order valence-corrected chi connectivity index (χ3v) is 4.79. The smallest absolute Gasteiger partial charge is 0.227 e. The molecule has 8 heteroatoms. The summed E-state index contributed by atoms with van der Waals surface area (Å²) in [4.78, 5) is 16.7. The first-order valence-electron chi connectivity index (χ1n) is 9.31. The van der Waals surface area contributed by atoms with Crippen molar-refractivity contribution in [3.05, 3.63) is 30.5 Å². The fourth-order valence-electron chi connectivity index (χ4n) is 3.46. The lowest BCUT2D eigenvalue weighted by Crippen LogP contribution is -2.38. The number of carbonyl (C=O) groups excluding carboxylic acids is 1. The highest BCUT2D eigenvalue weighted by Gasteiger charge is 2.22. The Morgan fingerprint density at radius 3 is 2.89 bits per heavy atom. The number of benzene rings is 1. The Morgan fingerprint density at radius 1 is 1.26 bits per heavy atom. The van der Waals surface area contributed by atoms with Crippen LogP contribution in [-0.2, 0) is 16.1 Å². The summed E-state index contributed by atoms with van der Waals surface area (Å²) in [5, 5.41) is 13.0. The molecule has 3 aromatic rings. The van der Waals surface area contributed by atoms with Crippen LogP contribution in [-0.4, -0.2) is 58.5 Å². The van der Waals surface area contributed by atoms with Crippen molar-refractivity contribution in [1.82, 2.24) is 25.1 Å². The number of carbonyl (C=O) groups is 1. The number of fused-ring (bicyclic) bond motifs is 1. The van der Waals surface area contributed by atoms with Crippen LogP contribution in [0.5, 0.6) is 0 Å². The molecule has 1 amide bonds. The highest BCUT2D eigenvalue weighted by molar-refractivity contribution is 5.93. The van der Waals surface area contributed by atoms with Gasteiger partial charge >= 0.3 is 0 Å². The summed E-state index contributed by atoms with van der Waals surface area (Å²) >= 11 is 0. The standard InChI is InChI=1S/C19H24N6O2/c1-14(26)20-7-4-8-25-18(16-13-21-17-6-3-2-5-15(16)17)22-23-19(25)24-9-11-27-12-10-24/h2-3,5-6,13,21H,4,7-12H2,1H3,(H,20,26). The third kappa shape index (κ3) is 3.66. The summed E-state index contributed by atoms with van der Waals surface area (Å²) in [6, 6.07) is 8.19. The Hall–Kier alpha value is -2.87. The molecule has 0 unspecified atom stereocenters. The average molecular weight is 368 g/mol. The van der Waals surface area contributed by atoms with E-state index >= 15 is 0 Å². The molecule has 1 aromatic carbocycles. The minimum atomic E-state index is -0.0102. The molecular formula is C19H24N6O2. The van der Waals surface area contributed by atoms with Gasteiger partial charge in [0.1, 0.15) is 0 Å². The number of hydrogen-bond donors (Lipinski definition) is 2. The maximum Gasteiger partial charge on any atom is 0.227 e. The van der Waals surface area contributed by atoms with Crippen LogP contribution in [0, 0.1) is 0 Å². The number of morpholine rings is 1. The first-order chi connectivity index (χ1) is 13.2. The van der Waals surface area contributed by atoms with E-state index in [1.807, 2.05) is 18.3 Å². The van der Waals surface area contributed by atoms with E-state index in [0.717, 1.165) is 54.3 Å². The van der Waals surface area contributed by atoms with Gasteiger partial charge in [0, 0.05) is 55.8 Å². The first-order valence-corrected chi connectivity index (χ1v) is 9.31. The zero-order valence-corrected chi connectivity index (χ0v) is 15.4. The van der Waals surface area contributed by atoms with E-state index < -0.39 is 0 Å². The number of aromatic amines is 1. The summed E-state index contributed by atoms with van der Waals surface area (Å²) in [6.07, 6.45) is 2.80. The van der Waals surface area contributed by atoms with Crippen molar-refractivity contribution < 1.29 is 9.53 Å². The van der Waals surface area contributed by atoms with Crippen LogP contribution < -0.4 is 10.2 Å². The minimum Gasteiger partial charge on any atom is -0.378 e. The van der Waals surface area contributed by atoms with E-state index in [0.29, 0.717) is 19.8 Å². The molecule has 0 spiro atoms. The molecule has 0 saturated carbocycles. The molecule has 27 heavy (non-hydrogen) atoms. The second-order valence-electron chi connectivity index (χ2n) is 6.66. The lowest BCUT2D eigenvalue weighted by Gasteiger charge is -2.28. The number of rotatable bonds is 6. The van der Waals surface area contributed by atoms with Crippen LogP contribution in [0.1, 0.15) is 13.3 Å². The van der Waals surface area contributed by atoms with Gasteiger partial charge in [-0.25, -0.2) is 0 Å². The van der Waals surface area contributed by atoms with Crippen molar-refractivity contribution in [2.45, 2.75) is 19.9 Å². The fourth-order valence-corrected chi connectivity index (χ4v) is 3.46. The lowest BCUT2D eigenvalue weighted by atomic mass is 10.1. The van der Waals surface area contributed by atoms with Crippen LogP contribution in [0.4, 0.5) is 5.95 Å². The van der Waals surface area contributed by atoms with Crippen LogP contribution >= 0.6 is 0 Å². The molecule has 1 aliphatic rings. The second kappa shape index (κ2) is 7.79. The maximum absolute atomic E-state index is 11.2. The third-order valence-electron chi connectivity index (χ3n) is 4.79. The Morgan fingerprint density at radius 2 is 2.07 bits per heavy atom. The van der Waals surface area contributed by atoms with Gasteiger partial charge < -0.3 is 19.9 Å². The topological polar surface area (TPSA) is 88.1 Å².